The lowest BCUT2D eigenvalue weighted by atomic mass is 10.0. The zero-order chi connectivity index (χ0) is 25.8. The zero-order valence-corrected chi connectivity index (χ0v) is 20.2. The number of nitrogens with one attached hydrogen (secondary N) is 1. The maximum atomic E-state index is 15.3. The van der Waals surface area contributed by atoms with Gasteiger partial charge in [0.15, 0.2) is 11.6 Å². The molecule has 0 spiro atoms. The van der Waals surface area contributed by atoms with Gasteiger partial charge in [-0.3, -0.25) is 9.79 Å². The Labute approximate surface area is 212 Å². The second-order valence-corrected chi connectivity index (χ2v) is 8.60. The van der Waals surface area contributed by atoms with E-state index in [2.05, 4.69) is 10.3 Å². The highest BCUT2D eigenvalue weighted by atomic mass is 19.1. The normalized spacial score (nSPS) is 12.6. The van der Waals surface area contributed by atoms with E-state index in [1.165, 1.54) is 25.3 Å². The first kappa shape index (κ1) is 24.2. The highest BCUT2D eigenvalue weighted by molar-refractivity contribution is 5.98. The molecule has 1 aliphatic heterocycles. The maximum Gasteiger partial charge on any atom is 0.251 e. The number of carbonyl (C=O) groups is 1. The number of fused-ring (bicyclic) bond motifs is 1. The van der Waals surface area contributed by atoms with Crippen LogP contribution < -0.4 is 10.1 Å². The Kier molecular flexibility index (Phi) is 6.98. The van der Waals surface area contributed by atoms with Gasteiger partial charge in [-0.1, -0.05) is 12.1 Å². The summed E-state index contributed by atoms with van der Waals surface area (Å²) in [6.45, 7) is 0.519. The van der Waals surface area contributed by atoms with E-state index in [1.54, 1.807) is 48.7 Å². The number of benzene rings is 3. The molecule has 0 aliphatic carbocycles. The number of halogens is 2. The molecule has 6 nitrogen and oxygen atoms in total. The van der Waals surface area contributed by atoms with Gasteiger partial charge in [0.2, 0.25) is 0 Å². The number of carbonyl (C=O) groups excluding carboxylic acids is 1. The SMILES string of the molecule is COc1cccc(-c2nc3cc(C(=O)NCCCC4=NC=CC4)ccc3nc2-c2ccc(F)cc2)c1F. The third kappa shape index (κ3) is 5.23. The highest BCUT2D eigenvalue weighted by Crippen LogP contribution is 2.35. The lowest BCUT2D eigenvalue weighted by Gasteiger charge is -2.13. The van der Waals surface area contributed by atoms with Gasteiger partial charge in [0.1, 0.15) is 11.5 Å². The topological polar surface area (TPSA) is 76.5 Å². The van der Waals surface area contributed by atoms with Crippen molar-refractivity contribution in [3.8, 4) is 28.3 Å². The van der Waals surface area contributed by atoms with Crippen LogP contribution in [0, 0.1) is 11.6 Å². The summed E-state index contributed by atoms with van der Waals surface area (Å²) in [4.78, 5) is 26.5. The van der Waals surface area contributed by atoms with Crippen molar-refractivity contribution in [3.63, 3.8) is 0 Å². The van der Waals surface area contributed by atoms with Crippen molar-refractivity contribution in [3.05, 3.63) is 90.1 Å². The minimum absolute atomic E-state index is 0.0666. The van der Waals surface area contributed by atoms with E-state index >= 15 is 4.39 Å². The summed E-state index contributed by atoms with van der Waals surface area (Å²) in [6, 6.07) is 15.6. The van der Waals surface area contributed by atoms with Crippen LogP contribution in [0.3, 0.4) is 0 Å². The van der Waals surface area contributed by atoms with Crippen molar-refractivity contribution in [2.24, 2.45) is 4.99 Å². The number of rotatable bonds is 8. The largest absolute Gasteiger partial charge is 0.494 e. The molecule has 1 aromatic heterocycles. The molecule has 1 N–H and O–H groups in total. The minimum Gasteiger partial charge on any atom is -0.494 e. The Hall–Kier alpha value is -4.46. The molecule has 4 aromatic rings. The van der Waals surface area contributed by atoms with Gasteiger partial charge in [-0.05, 0) is 67.4 Å². The number of aromatic nitrogens is 2. The predicted octanol–water partition coefficient (Wildman–Crippen LogP) is 6.12. The molecule has 0 saturated carbocycles. The number of hydrogen-bond acceptors (Lipinski definition) is 5. The van der Waals surface area contributed by atoms with Crippen molar-refractivity contribution in [1.29, 1.82) is 0 Å². The summed E-state index contributed by atoms with van der Waals surface area (Å²) in [5, 5.41) is 2.93. The fourth-order valence-corrected chi connectivity index (χ4v) is 4.21. The lowest BCUT2D eigenvalue weighted by molar-refractivity contribution is 0.0953. The number of aliphatic imine (C=N–C) groups is 1. The average molecular weight is 499 g/mol. The van der Waals surface area contributed by atoms with E-state index in [4.69, 9.17) is 14.7 Å². The van der Waals surface area contributed by atoms with E-state index in [-0.39, 0.29) is 22.9 Å². The molecular weight excluding hydrogens is 474 g/mol. The van der Waals surface area contributed by atoms with Crippen molar-refractivity contribution >= 4 is 22.7 Å². The van der Waals surface area contributed by atoms with Crippen molar-refractivity contribution in [1.82, 2.24) is 15.3 Å². The number of allylic oxidation sites excluding steroid dienone is 1. The lowest BCUT2D eigenvalue weighted by Crippen LogP contribution is -2.24. The first-order chi connectivity index (χ1) is 18.0. The van der Waals surface area contributed by atoms with Crippen LogP contribution in [-0.4, -0.2) is 35.2 Å². The van der Waals surface area contributed by atoms with Crippen LogP contribution >= 0.6 is 0 Å². The van der Waals surface area contributed by atoms with Gasteiger partial charge in [-0.15, -0.1) is 0 Å². The molecule has 2 heterocycles. The molecule has 0 atom stereocenters. The fourth-order valence-electron chi connectivity index (χ4n) is 4.21. The van der Waals surface area contributed by atoms with Crippen molar-refractivity contribution in [2.45, 2.75) is 19.3 Å². The van der Waals surface area contributed by atoms with Crippen LogP contribution in [0.15, 0.2) is 77.9 Å². The smallest absolute Gasteiger partial charge is 0.251 e. The predicted molar refractivity (Wildman–Crippen MR) is 140 cm³/mol. The molecule has 0 radical (unpaired) electrons. The number of nitrogens with zero attached hydrogens (tertiary/aromatic N) is 3. The van der Waals surface area contributed by atoms with Gasteiger partial charge < -0.3 is 10.1 Å². The first-order valence-electron chi connectivity index (χ1n) is 11.9. The molecule has 3 aromatic carbocycles. The second-order valence-electron chi connectivity index (χ2n) is 8.60. The summed E-state index contributed by atoms with van der Waals surface area (Å²) in [7, 11) is 1.39. The summed E-state index contributed by atoms with van der Waals surface area (Å²) in [6.07, 6.45) is 6.31. The van der Waals surface area contributed by atoms with Gasteiger partial charge in [-0.25, -0.2) is 18.7 Å². The third-order valence-electron chi connectivity index (χ3n) is 6.13. The Balaban J connectivity index is 1.49. The minimum atomic E-state index is -0.585. The summed E-state index contributed by atoms with van der Waals surface area (Å²) < 4.78 is 34.0. The van der Waals surface area contributed by atoms with Crippen molar-refractivity contribution < 1.29 is 18.3 Å². The van der Waals surface area contributed by atoms with Gasteiger partial charge in [-0.2, -0.15) is 0 Å². The number of amides is 1. The standard InChI is InChI=1S/C29H24F2N4O2/c1-37-25-8-2-7-22(26(25)31)28-27(18-9-12-20(30)13-10-18)34-23-14-11-19(17-24(23)35-28)29(36)33-16-4-6-21-5-3-15-32-21/h2-3,7-15,17H,4-6,16H2,1H3,(H,33,36). The quantitative estimate of drug-likeness (QED) is 0.297. The highest BCUT2D eigenvalue weighted by Gasteiger charge is 2.19. The van der Waals surface area contributed by atoms with Gasteiger partial charge in [0.25, 0.3) is 5.91 Å². The molecule has 0 bridgehead atoms. The molecule has 8 heteroatoms. The molecule has 0 saturated heterocycles. The maximum absolute atomic E-state index is 15.3. The summed E-state index contributed by atoms with van der Waals surface area (Å²) in [5.74, 6) is -1.14. The van der Waals surface area contributed by atoms with E-state index in [0.29, 0.717) is 34.4 Å². The Morgan fingerprint density at radius 1 is 1.00 bits per heavy atom. The Bertz CT molecular complexity index is 1530. The van der Waals surface area contributed by atoms with E-state index < -0.39 is 11.6 Å². The van der Waals surface area contributed by atoms with Crippen LogP contribution in [-0.2, 0) is 0 Å². The number of hydrogen-bond donors (Lipinski definition) is 1. The molecule has 1 amide bonds. The third-order valence-corrected chi connectivity index (χ3v) is 6.13. The van der Waals surface area contributed by atoms with Crippen LogP contribution in [0.5, 0.6) is 5.75 Å². The van der Waals surface area contributed by atoms with E-state index in [1.807, 2.05) is 6.08 Å². The summed E-state index contributed by atoms with van der Waals surface area (Å²) >= 11 is 0. The fraction of sp³-hybridized carbons (Fsp3) is 0.172. The molecule has 5 rings (SSSR count). The van der Waals surface area contributed by atoms with Gasteiger partial charge >= 0.3 is 0 Å². The monoisotopic (exact) mass is 498 g/mol. The average Bonchev–Trinajstić information content (AvgIpc) is 3.44. The molecular formula is C29H24F2N4O2. The Morgan fingerprint density at radius 2 is 1.81 bits per heavy atom. The second kappa shape index (κ2) is 10.7. The van der Waals surface area contributed by atoms with Crippen molar-refractivity contribution in [2.75, 3.05) is 13.7 Å². The molecule has 1 aliphatic rings. The Morgan fingerprint density at radius 3 is 2.57 bits per heavy atom. The number of methoxy groups -OCH3 is 1. The molecule has 0 unspecified atom stereocenters. The first-order valence-corrected chi connectivity index (χ1v) is 11.9. The van der Waals surface area contributed by atoms with Gasteiger partial charge in [0, 0.05) is 41.6 Å². The molecule has 0 fully saturated rings. The van der Waals surface area contributed by atoms with Crippen LogP contribution in [0.2, 0.25) is 0 Å². The molecule has 37 heavy (non-hydrogen) atoms. The summed E-state index contributed by atoms with van der Waals surface area (Å²) in [5.41, 5.74) is 3.92. The zero-order valence-electron chi connectivity index (χ0n) is 20.2. The van der Waals surface area contributed by atoms with E-state index in [0.717, 1.165) is 25.0 Å². The van der Waals surface area contributed by atoms with Crippen LogP contribution in [0.25, 0.3) is 33.5 Å². The van der Waals surface area contributed by atoms with Crippen LogP contribution in [0.1, 0.15) is 29.6 Å². The van der Waals surface area contributed by atoms with Crippen LogP contribution in [0.4, 0.5) is 8.78 Å². The molecule has 186 valence electrons. The van der Waals surface area contributed by atoms with E-state index in [9.17, 15) is 9.18 Å². The van der Waals surface area contributed by atoms with Gasteiger partial charge in [0.05, 0.1) is 23.8 Å². The number of ether oxygens (including phenoxy) is 1.